The first-order valence-corrected chi connectivity index (χ1v) is 5.64. The van der Waals surface area contributed by atoms with E-state index in [2.05, 4.69) is 29.4 Å². The van der Waals surface area contributed by atoms with E-state index in [4.69, 9.17) is 0 Å². The van der Waals surface area contributed by atoms with Crippen LogP contribution in [0.3, 0.4) is 0 Å². The minimum Gasteiger partial charge on any atom is -0.103 e. The molecule has 0 saturated heterocycles. The first-order valence-electron chi connectivity index (χ1n) is 4.52. The van der Waals surface area contributed by atoms with Gasteiger partial charge in [-0.3, -0.25) is 0 Å². The van der Waals surface area contributed by atoms with Crippen LogP contribution in [0.4, 0.5) is 0 Å². The highest BCUT2D eigenvalue weighted by atomic mass is 79.9. The fourth-order valence-electron chi connectivity index (χ4n) is 1.26. The molecular formula is C10H19Br. The maximum Gasteiger partial charge on any atom is 0.00596 e. The van der Waals surface area contributed by atoms with E-state index in [9.17, 15) is 0 Å². The third-order valence-electron chi connectivity index (χ3n) is 1.94. The van der Waals surface area contributed by atoms with E-state index in [-0.39, 0.29) is 0 Å². The van der Waals surface area contributed by atoms with Gasteiger partial charge < -0.3 is 0 Å². The van der Waals surface area contributed by atoms with Gasteiger partial charge in [-0.05, 0) is 31.6 Å². The first kappa shape index (κ1) is 11.2. The predicted octanol–water partition coefficient (Wildman–Crippen LogP) is 4.15. The molecule has 0 bridgehead atoms. The van der Waals surface area contributed by atoms with Crippen LogP contribution in [-0.2, 0) is 0 Å². The molecule has 1 heteroatoms. The molecule has 0 aliphatic carbocycles. The molecule has 0 fully saturated rings. The minimum absolute atomic E-state index is 0.889. The lowest BCUT2D eigenvalue weighted by Crippen LogP contribution is -2.00. The van der Waals surface area contributed by atoms with Gasteiger partial charge >= 0.3 is 0 Å². The van der Waals surface area contributed by atoms with Crippen molar-refractivity contribution in [1.29, 1.82) is 0 Å². The van der Waals surface area contributed by atoms with Crippen LogP contribution < -0.4 is 0 Å². The van der Waals surface area contributed by atoms with Gasteiger partial charge in [0.05, 0.1) is 0 Å². The summed E-state index contributed by atoms with van der Waals surface area (Å²) in [4.78, 5) is 0. The van der Waals surface area contributed by atoms with Gasteiger partial charge in [-0.25, -0.2) is 0 Å². The Balaban J connectivity index is 3.27. The Morgan fingerprint density at radius 2 is 2.18 bits per heavy atom. The minimum atomic E-state index is 0.889. The fourth-order valence-corrected chi connectivity index (χ4v) is 1.91. The van der Waals surface area contributed by atoms with Gasteiger partial charge in [0.2, 0.25) is 0 Å². The highest BCUT2D eigenvalue weighted by Crippen LogP contribution is 2.16. The summed E-state index contributed by atoms with van der Waals surface area (Å²) in [7, 11) is 0. The van der Waals surface area contributed by atoms with Gasteiger partial charge in [0.1, 0.15) is 0 Å². The lowest BCUT2D eigenvalue weighted by molar-refractivity contribution is 0.482. The maximum atomic E-state index is 3.72. The Kier molecular flexibility index (Phi) is 8.48. The molecular weight excluding hydrogens is 200 g/mol. The van der Waals surface area contributed by atoms with Crippen molar-refractivity contribution in [3.8, 4) is 0 Å². The number of rotatable bonds is 7. The van der Waals surface area contributed by atoms with Crippen molar-refractivity contribution in [2.24, 2.45) is 5.92 Å². The first-order chi connectivity index (χ1) is 5.35. The topological polar surface area (TPSA) is 0 Å². The Labute approximate surface area is 79.2 Å². The smallest absolute Gasteiger partial charge is 0.00596 e. The third kappa shape index (κ3) is 6.61. The monoisotopic (exact) mass is 218 g/mol. The molecule has 0 rings (SSSR count). The number of allylic oxidation sites excluding steroid dienone is 1. The van der Waals surface area contributed by atoms with E-state index >= 15 is 0 Å². The zero-order valence-electron chi connectivity index (χ0n) is 7.48. The van der Waals surface area contributed by atoms with Crippen molar-refractivity contribution in [3.05, 3.63) is 12.7 Å². The van der Waals surface area contributed by atoms with Crippen LogP contribution in [0.2, 0.25) is 0 Å². The molecule has 0 N–H and O–H groups in total. The molecule has 0 radical (unpaired) electrons. The highest BCUT2D eigenvalue weighted by Gasteiger charge is 2.03. The normalized spacial score (nSPS) is 12.9. The molecule has 0 aromatic carbocycles. The van der Waals surface area contributed by atoms with Crippen LogP contribution in [0.5, 0.6) is 0 Å². The Bertz CT molecular complexity index is 88.9. The molecule has 0 aromatic heterocycles. The zero-order valence-corrected chi connectivity index (χ0v) is 9.07. The quantitative estimate of drug-likeness (QED) is 0.342. The summed E-state index contributed by atoms with van der Waals surface area (Å²) >= 11 is 3.54. The average Bonchev–Trinajstić information content (AvgIpc) is 2.03. The van der Waals surface area contributed by atoms with E-state index in [1.807, 2.05) is 6.08 Å². The van der Waals surface area contributed by atoms with E-state index in [0.29, 0.717) is 0 Å². The lowest BCUT2D eigenvalue weighted by atomic mass is 9.99. The van der Waals surface area contributed by atoms with Gasteiger partial charge in [0.25, 0.3) is 0 Å². The van der Waals surface area contributed by atoms with E-state index in [1.165, 1.54) is 32.1 Å². The number of unbranched alkanes of at least 4 members (excludes halogenated alkanes) is 1. The Morgan fingerprint density at radius 3 is 2.64 bits per heavy atom. The maximum absolute atomic E-state index is 3.72. The second-order valence-electron chi connectivity index (χ2n) is 3.03. The average molecular weight is 219 g/mol. The van der Waals surface area contributed by atoms with Crippen molar-refractivity contribution in [2.45, 2.75) is 39.0 Å². The molecule has 0 heterocycles. The molecule has 0 saturated carbocycles. The molecule has 66 valence electrons. The van der Waals surface area contributed by atoms with Crippen LogP contribution in [0, 0.1) is 5.92 Å². The molecule has 0 aliphatic heterocycles. The zero-order chi connectivity index (χ0) is 8.53. The van der Waals surface area contributed by atoms with Crippen molar-refractivity contribution < 1.29 is 0 Å². The van der Waals surface area contributed by atoms with E-state index < -0.39 is 0 Å². The molecule has 0 nitrogen and oxygen atoms in total. The Morgan fingerprint density at radius 1 is 1.45 bits per heavy atom. The summed E-state index contributed by atoms with van der Waals surface area (Å²) in [5.74, 6) is 0.889. The van der Waals surface area contributed by atoms with Crippen LogP contribution in [0.25, 0.3) is 0 Å². The van der Waals surface area contributed by atoms with Crippen LogP contribution in [0.1, 0.15) is 39.0 Å². The van der Waals surface area contributed by atoms with Gasteiger partial charge in [-0.2, -0.15) is 0 Å². The number of hydrogen-bond donors (Lipinski definition) is 0. The van der Waals surface area contributed by atoms with E-state index in [1.54, 1.807) is 0 Å². The van der Waals surface area contributed by atoms with Gasteiger partial charge in [0, 0.05) is 5.33 Å². The SMILES string of the molecule is C=CCCCC(CBr)CCC. The van der Waals surface area contributed by atoms with Gasteiger partial charge in [-0.1, -0.05) is 35.4 Å². The fraction of sp³-hybridized carbons (Fsp3) is 0.800. The number of halogens is 1. The van der Waals surface area contributed by atoms with Crippen molar-refractivity contribution in [2.75, 3.05) is 5.33 Å². The molecule has 1 unspecified atom stereocenters. The highest BCUT2D eigenvalue weighted by molar-refractivity contribution is 9.09. The predicted molar refractivity (Wildman–Crippen MR) is 56.2 cm³/mol. The Hall–Kier alpha value is 0.220. The molecule has 0 amide bonds. The molecule has 0 aromatic rings. The summed E-state index contributed by atoms with van der Waals surface area (Å²) in [6.07, 6.45) is 8.52. The number of hydrogen-bond acceptors (Lipinski definition) is 0. The lowest BCUT2D eigenvalue weighted by Gasteiger charge is -2.10. The molecule has 11 heavy (non-hydrogen) atoms. The summed E-state index contributed by atoms with van der Waals surface area (Å²) in [5, 5.41) is 1.16. The second-order valence-corrected chi connectivity index (χ2v) is 3.68. The van der Waals surface area contributed by atoms with Crippen molar-refractivity contribution in [1.82, 2.24) is 0 Å². The second kappa shape index (κ2) is 8.32. The standard InChI is InChI=1S/C10H19Br/c1-3-5-6-8-10(9-11)7-4-2/h3,10H,1,4-9H2,2H3. The van der Waals surface area contributed by atoms with Crippen LogP contribution in [-0.4, -0.2) is 5.33 Å². The summed E-state index contributed by atoms with van der Waals surface area (Å²) in [6.45, 7) is 5.97. The third-order valence-corrected chi connectivity index (χ3v) is 2.85. The van der Waals surface area contributed by atoms with Crippen LogP contribution >= 0.6 is 15.9 Å². The summed E-state index contributed by atoms with van der Waals surface area (Å²) < 4.78 is 0. The molecule has 0 aliphatic rings. The van der Waals surface area contributed by atoms with Crippen molar-refractivity contribution in [3.63, 3.8) is 0 Å². The largest absolute Gasteiger partial charge is 0.103 e. The summed E-state index contributed by atoms with van der Waals surface area (Å²) in [6, 6.07) is 0. The van der Waals surface area contributed by atoms with Crippen molar-refractivity contribution >= 4 is 15.9 Å². The van der Waals surface area contributed by atoms with Gasteiger partial charge in [0.15, 0.2) is 0 Å². The molecule has 0 spiro atoms. The van der Waals surface area contributed by atoms with Gasteiger partial charge in [-0.15, -0.1) is 6.58 Å². The van der Waals surface area contributed by atoms with Crippen LogP contribution in [0.15, 0.2) is 12.7 Å². The van der Waals surface area contributed by atoms with E-state index in [0.717, 1.165) is 11.2 Å². The summed E-state index contributed by atoms with van der Waals surface area (Å²) in [5.41, 5.74) is 0. The molecule has 1 atom stereocenters. The number of alkyl halides is 1.